The summed E-state index contributed by atoms with van der Waals surface area (Å²) in [5.41, 5.74) is 1.80. The second-order valence-corrected chi connectivity index (χ2v) is 4.40. The lowest BCUT2D eigenvalue weighted by Gasteiger charge is -2.07. The number of anilines is 1. The van der Waals surface area contributed by atoms with Gasteiger partial charge in [0.05, 0.1) is 19.9 Å². The van der Waals surface area contributed by atoms with E-state index in [9.17, 15) is 4.79 Å². The Morgan fingerprint density at radius 1 is 1.35 bits per heavy atom. The average Bonchev–Trinajstić information content (AvgIpc) is 2.85. The summed E-state index contributed by atoms with van der Waals surface area (Å²) in [5.74, 6) is 0.678. The fraction of sp³-hybridized carbons (Fsp3) is 0.286. The predicted molar refractivity (Wildman–Crippen MR) is 76.5 cm³/mol. The molecule has 0 saturated heterocycles. The molecule has 0 bridgehead atoms. The van der Waals surface area contributed by atoms with E-state index in [1.807, 2.05) is 13.2 Å². The third kappa shape index (κ3) is 4.10. The predicted octanol–water partition coefficient (Wildman–Crippen LogP) is 1.16. The van der Waals surface area contributed by atoms with Gasteiger partial charge in [0.2, 0.25) is 5.91 Å². The number of rotatable bonds is 6. The quantitative estimate of drug-likeness (QED) is 0.829. The van der Waals surface area contributed by atoms with E-state index in [1.54, 1.807) is 42.3 Å². The maximum atomic E-state index is 11.7. The van der Waals surface area contributed by atoms with Gasteiger partial charge in [-0.25, -0.2) is 0 Å². The van der Waals surface area contributed by atoms with E-state index in [4.69, 9.17) is 4.74 Å². The van der Waals surface area contributed by atoms with Gasteiger partial charge in [0.1, 0.15) is 5.75 Å². The average molecular weight is 274 g/mol. The van der Waals surface area contributed by atoms with Crippen molar-refractivity contribution in [2.45, 2.75) is 6.54 Å². The molecule has 2 N–H and O–H groups in total. The van der Waals surface area contributed by atoms with Crippen LogP contribution < -0.4 is 15.4 Å². The number of nitrogens with one attached hydrogen (secondary N) is 2. The van der Waals surface area contributed by atoms with Crippen molar-refractivity contribution in [2.75, 3.05) is 19.0 Å². The maximum absolute atomic E-state index is 11.7. The zero-order valence-corrected chi connectivity index (χ0v) is 11.6. The van der Waals surface area contributed by atoms with E-state index in [2.05, 4.69) is 15.7 Å². The van der Waals surface area contributed by atoms with Crippen molar-refractivity contribution in [3.05, 3.63) is 42.2 Å². The first kappa shape index (κ1) is 14.1. The molecule has 0 saturated carbocycles. The van der Waals surface area contributed by atoms with Crippen molar-refractivity contribution in [3.8, 4) is 5.75 Å². The lowest BCUT2D eigenvalue weighted by molar-refractivity contribution is -0.115. The molecule has 0 aliphatic rings. The Morgan fingerprint density at radius 3 is 2.70 bits per heavy atom. The van der Waals surface area contributed by atoms with Crippen LogP contribution in [0.3, 0.4) is 0 Å². The number of amides is 1. The van der Waals surface area contributed by atoms with Crippen LogP contribution in [0.4, 0.5) is 5.69 Å². The summed E-state index contributed by atoms with van der Waals surface area (Å²) in [7, 11) is 3.47. The van der Waals surface area contributed by atoms with Crippen molar-refractivity contribution in [1.82, 2.24) is 15.1 Å². The van der Waals surface area contributed by atoms with E-state index >= 15 is 0 Å². The molecular weight excluding hydrogens is 256 g/mol. The van der Waals surface area contributed by atoms with Gasteiger partial charge in [0.15, 0.2) is 0 Å². The van der Waals surface area contributed by atoms with Crippen molar-refractivity contribution in [2.24, 2.45) is 7.05 Å². The second kappa shape index (κ2) is 6.72. The Balaban J connectivity index is 1.74. The molecule has 0 radical (unpaired) electrons. The van der Waals surface area contributed by atoms with E-state index < -0.39 is 0 Å². The molecule has 0 aliphatic carbocycles. The number of methoxy groups -OCH3 is 1. The molecule has 0 aliphatic heterocycles. The first-order valence-electron chi connectivity index (χ1n) is 6.29. The Labute approximate surface area is 117 Å². The lowest BCUT2D eigenvalue weighted by atomic mass is 10.3. The van der Waals surface area contributed by atoms with Crippen LogP contribution in [0.25, 0.3) is 0 Å². The summed E-state index contributed by atoms with van der Waals surface area (Å²) in [6.45, 7) is 0.866. The van der Waals surface area contributed by atoms with Crippen molar-refractivity contribution < 1.29 is 9.53 Å². The first-order valence-corrected chi connectivity index (χ1v) is 6.29. The number of aromatic nitrogens is 2. The largest absolute Gasteiger partial charge is 0.497 e. The molecule has 1 aromatic carbocycles. The summed E-state index contributed by atoms with van der Waals surface area (Å²) in [6, 6.07) is 7.22. The highest BCUT2D eigenvalue weighted by Gasteiger charge is 2.03. The molecule has 0 atom stereocenters. The van der Waals surface area contributed by atoms with Gasteiger partial charge in [-0.2, -0.15) is 5.10 Å². The number of hydrogen-bond acceptors (Lipinski definition) is 4. The molecular formula is C14H18N4O2. The van der Waals surface area contributed by atoms with Gasteiger partial charge in [-0.05, 0) is 24.3 Å². The number of hydrogen-bond donors (Lipinski definition) is 2. The smallest absolute Gasteiger partial charge is 0.238 e. The number of ether oxygens (including phenoxy) is 1. The third-order valence-corrected chi connectivity index (χ3v) is 2.75. The van der Waals surface area contributed by atoms with E-state index in [1.165, 1.54) is 0 Å². The summed E-state index contributed by atoms with van der Waals surface area (Å²) in [4.78, 5) is 11.7. The second-order valence-electron chi connectivity index (χ2n) is 4.40. The van der Waals surface area contributed by atoms with Crippen LogP contribution in [-0.4, -0.2) is 29.3 Å². The van der Waals surface area contributed by atoms with Gasteiger partial charge in [-0.3, -0.25) is 9.48 Å². The molecule has 106 valence electrons. The fourth-order valence-corrected chi connectivity index (χ4v) is 1.76. The Hall–Kier alpha value is -2.34. The number of benzene rings is 1. The molecule has 2 rings (SSSR count). The van der Waals surface area contributed by atoms with Crippen LogP contribution >= 0.6 is 0 Å². The SMILES string of the molecule is COc1ccc(NC(=O)CNCc2cnn(C)c2)cc1. The zero-order valence-electron chi connectivity index (χ0n) is 11.6. The van der Waals surface area contributed by atoms with Crippen molar-refractivity contribution in [1.29, 1.82) is 0 Å². The Bertz CT molecular complexity index is 563. The molecule has 1 heterocycles. The van der Waals surface area contributed by atoms with Crippen LogP contribution in [-0.2, 0) is 18.4 Å². The number of nitrogens with zero attached hydrogens (tertiary/aromatic N) is 2. The molecule has 6 nitrogen and oxygen atoms in total. The van der Waals surface area contributed by atoms with E-state index in [0.29, 0.717) is 6.54 Å². The van der Waals surface area contributed by atoms with Gasteiger partial charge in [-0.1, -0.05) is 0 Å². The Kier molecular flexibility index (Phi) is 4.73. The molecule has 0 fully saturated rings. The van der Waals surface area contributed by atoms with Crippen LogP contribution in [0.15, 0.2) is 36.7 Å². The van der Waals surface area contributed by atoms with Gasteiger partial charge in [0, 0.05) is 31.0 Å². The molecule has 2 aromatic rings. The molecule has 0 spiro atoms. The minimum absolute atomic E-state index is 0.0842. The van der Waals surface area contributed by atoms with Crippen LogP contribution in [0, 0.1) is 0 Å². The van der Waals surface area contributed by atoms with Gasteiger partial charge >= 0.3 is 0 Å². The zero-order chi connectivity index (χ0) is 14.4. The highest BCUT2D eigenvalue weighted by Crippen LogP contribution is 2.14. The third-order valence-electron chi connectivity index (χ3n) is 2.75. The fourth-order valence-electron chi connectivity index (χ4n) is 1.76. The lowest BCUT2D eigenvalue weighted by Crippen LogP contribution is -2.27. The molecule has 1 aromatic heterocycles. The van der Waals surface area contributed by atoms with Crippen molar-refractivity contribution >= 4 is 11.6 Å². The molecule has 20 heavy (non-hydrogen) atoms. The summed E-state index contributed by atoms with van der Waals surface area (Å²) < 4.78 is 6.79. The van der Waals surface area contributed by atoms with E-state index in [-0.39, 0.29) is 12.5 Å². The standard InChI is InChI=1S/C14H18N4O2/c1-18-10-11(8-16-18)7-15-9-14(19)17-12-3-5-13(20-2)6-4-12/h3-6,8,10,15H,7,9H2,1-2H3,(H,17,19). The summed E-state index contributed by atoms with van der Waals surface area (Å²) >= 11 is 0. The monoisotopic (exact) mass is 274 g/mol. The number of carbonyl (C=O) groups is 1. The summed E-state index contributed by atoms with van der Waals surface area (Å²) in [6.07, 6.45) is 3.68. The van der Waals surface area contributed by atoms with Crippen LogP contribution in [0.1, 0.15) is 5.56 Å². The minimum atomic E-state index is -0.0842. The number of carbonyl (C=O) groups excluding carboxylic acids is 1. The topological polar surface area (TPSA) is 68.2 Å². The van der Waals surface area contributed by atoms with Crippen LogP contribution in [0.5, 0.6) is 5.75 Å². The van der Waals surface area contributed by atoms with Crippen molar-refractivity contribution in [3.63, 3.8) is 0 Å². The molecule has 0 unspecified atom stereocenters. The minimum Gasteiger partial charge on any atom is -0.497 e. The highest BCUT2D eigenvalue weighted by molar-refractivity contribution is 5.92. The van der Waals surface area contributed by atoms with Crippen LogP contribution in [0.2, 0.25) is 0 Å². The molecule has 6 heteroatoms. The van der Waals surface area contributed by atoms with Gasteiger partial charge in [-0.15, -0.1) is 0 Å². The Morgan fingerprint density at radius 2 is 2.10 bits per heavy atom. The van der Waals surface area contributed by atoms with Gasteiger partial charge < -0.3 is 15.4 Å². The normalized spacial score (nSPS) is 10.3. The number of aryl methyl sites for hydroxylation is 1. The maximum Gasteiger partial charge on any atom is 0.238 e. The first-order chi connectivity index (χ1) is 9.67. The van der Waals surface area contributed by atoms with E-state index in [0.717, 1.165) is 17.0 Å². The van der Waals surface area contributed by atoms with Gasteiger partial charge in [0.25, 0.3) is 0 Å². The highest BCUT2D eigenvalue weighted by atomic mass is 16.5. The summed E-state index contributed by atoms with van der Waals surface area (Å²) in [5, 5.41) is 9.94. The molecule has 1 amide bonds.